The number of aryl methyl sites for hydroxylation is 1. The number of hydrogen-bond donors (Lipinski definition) is 2. The van der Waals surface area contributed by atoms with E-state index >= 15 is 0 Å². The molecule has 0 fully saturated rings. The highest BCUT2D eigenvalue weighted by molar-refractivity contribution is 7.80. The molecule has 0 saturated heterocycles. The minimum absolute atomic E-state index is 0.0491. The van der Waals surface area contributed by atoms with Crippen molar-refractivity contribution >= 4 is 23.0 Å². The first-order valence-corrected chi connectivity index (χ1v) is 9.45. The SMILES string of the molecule is CCc1ccc(NC(=S)N[C@@H](c2ccccc2)c2ccc(OC)cc2)cc1. The summed E-state index contributed by atoms with van der Waals surface area (Å²) in [6.45, 7) is 2.15. The van der Waals surface area contributed by atoms with Gasteiger partial charge in [0.05, 0.1) is 13.2 Å². The Balaban J connectivity index is 1.78. The molecule has 0 unspecified atom stereocenters. The smallest absolute Gasteiger partial charge is 0.171 e. The van der Waals surface area contributed by atoms with Gasteiger partial charge in [0.15, 0.2) is 5.11 Å². The van der Waals surface area contributed by atoms with Gasteiger partial charge >= 0.3 is 0 Å². The third-order valence-electron chi connectivity index (χ3n) is 4.48. The molecule has 0 aliphatic carbocycles. The average molecular weight is 377 g/mol. The summed E-state index contributed by atoms with van der Waals surface area (Å²) in [5.74, 6) is 0.835. The van der Waals surface area contributed by atoms with Crippen molar-refractivity contribution in [2.45, 2.75) is 19.4 Å². The van der Waals surface area contributed by atoms with Gasteiger partial charge in [0.1, 0.15) is 5.75 Å². The summed E-state index contributed by atoms with van der Waals surface area (Å²) in [5.41, 5.74) is 4.55. The number of benzene rings is 3. The van der Waals surface area contributed by atoms with Crippen molar-refractivity contribution in [1.82, 2.24) is 5.32 Å². The zero-order chi connectivity index (χ0) is 19.1. The van der Waals surface area contributed by atoms with Crippen LogP contribution in [0.5, 0.6) is 5.75 Å². The monoisotopic (exact) mass is 376 g/mol. The van der Waals surface area contributed by atoms with E-state index in [1.807, 2.05) is 30.3 Å². The van der Waals surface area contributed by atoms with Gasteiger partial charge in [0, 0.05) is 5.69 Å². The molecule has 1 atom stereocenters. The molecule has 0 aliphatic heterocycles. The molecule has 3 rings (SSSR count). The summed E-state index contributed by atoms with van der Waals surface area (Å²) in [5, 5.41) is 7.31. The van der Waals surface area contributed by atoms with Crippen LogP contribution in [0.1, 0.15) is 29.7 Å². The lowest BCUT2D eigenvalue weighted by atomic mass is 9.99. The molecule has 0 heterocycles. The van der Waals surface area contributed by atoms with Crippen molar-refractivity contribution in [2.75, 3.05) is 12.4 Å². The van der Waals surface area contributed by atoms with Gasteiger partial charge in [-0.15, -0.1) is 0 Å². The maximum atomic E-state index is 5.58. The third kappa shape index (κ3) is 5.08. The van der Waals surface area contributed by atoms with Gasteiger partial charge in [0.2, 0.25) is 0 Å². The lowest BCUT2D eigenvalue weighted by Gasteiger charge is -2.22. The van der Waals surface area contributed by atoms with Crippen molar-refractivity contribution in [3.05, 3.63) is 95.6 Å². The van der Waals surface area contributed by atoms with Gasteiger partial charge < -0.3 is 15.4 Å². The van der Waals surface area contributed by atoms with Crippen LogP contribution in [0.3, 0.4) is 0 Å². The maximum absolute atomic E-state index is 5.58. The second-order valence-corrected chi connectivity index (χ2v) is 6.67. The van der Waals surface area contributed by atoms with Crippen LogP contribution >= 0.6 is 12.2 Å². The molecule has 4 heteroatoms. The van der Waals surface area contributed by atoms with Crippen LogP contribution in [0.15, 0.2) is 78.9 Å². The fourth-order valence-corrected chi connectivity index (χ4v) is 3.16. The van der Waals surface area contributed by atoms with Crippen LogP contribution in [0.25, 0.3) is 0 Å². The number of nitrogens with one attached hydrogen (secondary N) is 2. The van der Waals surface area contributed by atoms with Gasteiger partial charge in [-0.1, -0.05) is 61.5 Å². The Morgan fingerprint density at radius 3 is 2.11 bits per heavy atom. The first-order valence-electron chi connectivity index (χ1n) is 9.05. The van der Waals surface area contributed by atoms with Crippen molar-refractivity contribution in [1.29, 1.82) is 0 Å². The van der Waals surface area contributed by atoms with Crippen LogP contribution in [-0.4, -0.2) is 12.2 Å². The Labute approximate surface area is 166 Å². The quantitative estimate of drug-likeness (QED) is 0.570. The Bertz CT molecular complexity index is 861. The highest BCUT2D eigenvalue weighted by Crippen LogP contribution is 2.24. The molecular weight excluding hydrogens is 352 g/mol. The number of thiocarbonyl (C=S) groups is 1. The van der Waals surface area contributed by atoms with Gasteiger partial charge in [-0.3, -0.25) is 0 Å². The lowest BCUT2D eigenvalue weighted by molar-refractivity contribution is 0.414. The van der Waals surface area contributed by atoms with Crippen molar-refractivity contribution in [3.8, 4) is 5.75 Å². The molecule has 0 radical (unpaired) electrons. The predicted octanol–water partition coefficient (Wildman–Crippen LogP) is 5.33. The first kappa shape index (κ1) is 18.9. The van der Waals surface area contributed by atoms with Gasteiger partial charge in [-0.2, -0.15) is 0 Å². The lowest BCUT2D eigenvalue weighted by Crippen LogP contribution is -2.33. The summed E-state index contributed by atoms with van der Waals surface area (Å²) >= 11 is 5.58. The van der Waals surface area contributed by atoms with E-state index in [1.54, 1.807) is 7.11 Å². The molecule has 138 valence electrons. The molecule has 0 bridgehead atoms. The Kier molecular flexibility index (Phi) is 6.44. The van der Waals surface area contributed by atoms with Gasteiger partial charge in [-0.05, 0) is 59.6 Å². The Hall–Kier alpha value is -2.85. The standard InChI is InChI=1S/C23H24N2OS/c1-3-17-9-13-20(14-10-17)24-23(27)25-22(18-7-5-4-6-8-18)19-11-15-21(26-2)16-12-19/h4-16,22H,3H2,1-2H3,(H2,24,25,27)/t22-/m0/s1. The van der Waals surface area contributed by atoms with E-state index < -0.39 is 0 Å². The average Bonchev–Trinajstić information content (AvgIpc) is 2.73. The fraction of sp³-hybridized carbons (Fsp3) is 0.174. The van der Waals surface area contributed by atoms with Crippen LogP contribution in [0, 0.1) is 0 Å². The first-order chi connectivity index (χ1) is 13.2. The topological polar surface area (TPSA) is 33.3 Å². The largest absolute Gasteiger partial charge is 0.497 e. The molecule has 0 amide bonds. The van der Waals surface area contributed by atoms with Crippen molar-refractivity contribution < 1.29 is 4.74 Å². The predicted molar refractivity (Wildman–Crippen MR) is 116 cm³/mol. The van der Waals surface area contributed by atoms with Crippen LogP contribution in [0.4, 0.5) is 5.69 Å². The summed E-state index contributed by atoms with van der Waals surface area (Å²) in [6.07, 6.45) is 1.02. The second-order valence-electron chi connectivity index (χ2n) is 6.27. The molecular formula is C23H24N2OS. The summed E-state index contributed by atoms with van der Waals surface area (Å²) in [4.78, 5) is 0. The van der Waals surface area contributed by atoms with E-state index in [9.17, 15) is 0 Å². The molecule has 0 aliphatic rings. The molecule has 3 aromatic rings. The zero-order valence-electron chi connectivity index (χ0n) is 15.6. The number of ether oxygens (including phenoxy) is 1. The van der Waals surface area contributed by atoms with E-state index in [2.05, 4.69) is 66.1 Å². The van der Waals surface area contributed by atoms with Crippen LogP contribution in [-0.2, 0) is 6.42 Å². The molecule has 0 spiro atoms. The normalized spacial score (nSPS) is 11.5. The highest BCUT2D eigenvalue weighted by atomic mass is 32.1. The van der Waals surface area contributed by atoms with Gasteiger partial charge in [-0.25, -0.2) is 0 Å². The number of hydrogen-bond acceptors (Lipinski definition) is 2. The minimum atomic E-state index is -0.0491. The summed E-state index contributed by atoms with van der Waals surface area (Å²) in [6, 6.07) is 26.6. The molecule has 0 aromatic heterocycles. The molecule has 3 aromatic carbocycles. The third-order valence-corrected chi connectivity index (χ3v) is 4.70. The van der Waals surface area contributed by atoms with Crippen LogP contribution < -0.4 is 15.4 Å². The number of anilines is 1. The van der Waals surface area contributed by atoms with E-state index in [0.29, 0.717) is 5.11 Å². The Morgan fingerprint density at radius 2 is 1.52 bits per heavy atom. The molecule has 2 N–H and O–H groups in total. The highest BCUT2D eigenvalue weighted by Gasteiger charge is 2.15. The molecule has 0 saturated carbocycles. The summed E-state index contributed by atoms with van der Waals surface area (Å²) in [7, 11) is 1.67. The van der Waals surface area contributed by atoms with Crippen LogP contribution in [0.2, 0.25) is 0 Å². The minimum Gasteiger partial charge on any atom is -0.497 e. The van der Waals surface area contributed by atoms with E-state index in [1.165, 1.54) is 5.56 Å². The fourth-order valence-electron chi connectivity index (χ4n) is 2.92. The van der Waals surface area contributed by atoms with Crippen molar-refractivity contribution in [3.63, 3.8) is 0 Å². The van der Waals surface area contributed by atoms with E-state index in [-0.39, 0.29) is 6.04 Å². The molecule has 3 nitrogen and oxygen atoms in total. The maximum Gasteiger partial charge on any atom is 0.171 e. The second kappa shape index (κ2) is 9.19. The van der Waals surface area contributed by atoms with E-state index in [4.69, 9.17) is 17.0 Å². The zero-order valence-corrected chi connectivity index (χ0v) is 16.4. The number of methoxy groups -OCH3 is 1. The number of rotatable bonds is 6. The van der Waals surface area contributed by atoms with E-state index in [0.717, 1.165) is 29.0 Å². The van der Waals surface area contributed by atoms with Crippen molar-refractivity contribution in [2.24, 2.45) is 0 Å². The summed E-state index contributed by atoms with van der Waals surface area (Å²) < 4.78 is 5.28. The Morgan fingerprint density at radius 1 is 0.889 bits per heavy atom. The molecule has 27 heavy (non-hydrogen) atoms. The van der Waals surface area contributed by atoms with Gasteiger partial charge in [0.25, 0.3) is 0 Å².